The van der Waals surface area contributed by atoms with Crippen LogP contribution in [0.1, 0.15) is 0 Å². The normalized spacial score (nSPS) is 10.7. The van der Waals surface area contributed by atoms with Crippen molar-refractivity contribution in [3.8, 4) is 10.4 Å². The quantitative estimate of drug-likeness (QED) is 0.548. The van der Waals surface area contributed by atoms with Crippen LogP contribution in [0.25, 0.3) is 31.7 Å². The molecule has 0 atom stereocenters. The number of nitrogens with one attached hydrogen (secondary N) is 1. The molecule has 0 unspecified atom stereocenters. The van der Waals surface area contributed by atoms with Gasteiger partial charge in [-0.1, -0.05) is 36.7 Å². The Morgan fingerprint density at radius 2 is 2.00 bits per heavy atom. The van der Waals surface area contributed by atoms with Crippen LogP contribution >= 0.6 is 11.3 Å². The number of imidazole rings is 1. The van der Waals surface area contributed by atoms with Crippen molar-refractivity contribution in [3.63, 3.8) is 0 Å². The third-order valence-electron chi connectivity index (χ3n) is 3.28. The second-order valence-electron chi connectivity index (χ2n) is 4.47. The number of anilines is 1. The van der Waals surface area contributed by atoms with E-state index in [-0.39, 0.29) is 29.6 Å². The summed E-state index contributed by atoms with van der Waals surface area (Å²) in [5.74, 6) is 0.780. The molecule has 0 fully saturated rings. The molecule has 21 heavy (non-hydrogen) atoms. The smallest absolute Gasteiger partial charge is 0.442 e. The minimum absolute atomic E-state index is 0. The summed E-state index contributed by atoms with van der Waals surface area (Å²) >= 11 is 1.71. The summed E-state index contributed by atoms with van der Waals surface area (Å²) in [5.41, 5.74) is 3.92. The molecule has 6 heteroatoms. The molecular formula is C15H11N4NaS. The van der Waals surface area contributed by atoms with Crippen LogP contribution < -0.4 is 39.9 Å². The standard InChI is InChI=1S/C15H11N4S.Na/c1-16-15-13-12(17-8-18-13)14-10(19-15)7-11(20-14)9-5-3-2-4-6-9;/h2-8H,1H3,(H-,16,17,18,19);/q-1;+1. The second kappa shape index (κ2) is 5.77. The molecule has 3 heterocycles. The van der Waals surface area contributed by atoms with E-state index in [0.717, 1.165) is 27.1 Å². The number of hydrogen-bond donors (Lipinski definition) is 1. The van der Waals surface area contributed by atoms with Crippen LogP contribution in [0.2, 0.25) is 0 Å². The molecule has 0 bridgehead atoms. The summed E-state index contributed by atoms with van der Waals surface area (Å²) in [7, 11) is 1.85. The van der Waals surface area contributed by atoms with E-state index in [9.17, 15) is 0 Å². The molecule has 0 aliphatic carbocycles. The van der Waals surface area contributed by atoms with Gasteiger partial charge in [0.2, 0.25) is 0 Å². The topological polar surface area (TPSA) is 51.9 Å². The number of fused-ring (bicyclic) bond motifs is 3. The Morgan fingerprint density at radius 3 is 2.76 bits per heavy atom. The Labute approximate surface area is 147 Å². The zero-order valence-corrected chi connectivity index (χ0v) is 14.6. The van der Waals surface area contributed by atoms with Gasteiger partial charge in [0.05, 0.1) is 10.2 Å². The first-order chi connectivity index (χ1) is 9.86. The number of aromatic nitrogens is 3. The first kappa shape index (κ1) is 14.5. The van der Waals surface area contributed by atoms with E-state index in [0.29, 0.717) is 0 Å². The van der Waals surface area contributed by atoms with Crippen LogP contribution in [0.15, 0.2) is 42.7 Å². The molecule has 0 radical (unpaired) electrons. The number of thiophene rings is 1. The molecule has 4 rings (SSSR count). The van der Waals surface area contributed by atoms with Crippen LogP contribution in [0.3, 0.4) is 0 Å². The molecular weight excluding hydrogens is 291 g/mol. The van der Waals surface area contributed by atoms with Crippen LogP contribution in [-0.4, -0.2) is 17.0 Å². The van der Waals surface area contributed by atoms with Crippen molar-refractivity contribution in [2.75, 3.05) is 12.4 Å². The number of nitrogens with zero attached hydrogens (tertiary/aromatic N) is 3. The van der Waals surface area contributed by atoms with Crippen molar-refractivity contribution in [1.82, 2.24) is 15.0 Å². The van der Waals surface area contributed by atoms with Gasteiger partial charge in [0.1, 0.15) is 5.82 Å². The molecule has 0 amide bonds. The predicted octanol–water partition coefficient (Wildman–Crippen LogP) is 0.514. The average Bonchev–Trinajstić information content (AvgIpc) is 3.13. The van der Waals surface area contributed by atoms with Crippen LogP contribution in [0.5, 0.6) is 0 Å². The summed E-state index contributed by atoms with van der Waals surface area (Å²) in [6.45, 7) is 0. The fourth-order valence-electron chi connectivity index (χ4n) is 2.33. The van der Waals surface area contributed by atoms with E-state index < -0.39 is 0 Å². The molecule has 4 aromatic rings. The zero-order chi connectivity index (χ0) is 13.5. The van der Waals surface area contributed by atoms with Gasteiger partial charge in [-0.25, -0.2) is 4.98 Å². The van der Waals surface area contributed by atoms with Gasteiger partial charge in [-0.15, -0.1) is 11.3 Å². The molecule has 0 saturated heterocycles. The summed E-state index contributed by atoms with van der Waals surface area (Å²) in [5, 5.41) is 3.09. The van der Waals surface area contributed by atoms with Crippen LogP contribution in [0, 0.1) is 0 Å². The third-order valence-corrected chi connectivity index (χ3v) is 4.46. The number of hydrogen-bond acceptors (Lipinski definition) is 4. The number of rotatable bonds is 2. The first-order valence-corrected chi connectivity index (χ1v) is 7.12. The van der Waals surface area contributed by atoms with E-state index in [2.05, 4.69) is 38.5 Å². The summed E-state index contributed by atoms with van der Waals surface area (Å²) in [6, 6.07) is 12.4. The molecule has 4 nitrogen and oxygen atoms in total. The van der Waals surface area contributed by atoms with Crippen LogP contribution in [0.4, 0.5) is 5.82 Å². The Morgan fingerprint density at radius 1 is 1.19 bits per heavy atom. The average molecular weight is 302 g/mol. The van der Waals surface area contributed by atoms with Crippen LogP contribution in [-0.2, 0) is 0 Å². The number of pyridine rings is 1. The molecule has 0 aliphatic rings. The van der Waals surface area contributed by atoms with Gasteiger partial charge >= 0.3 is 29.6 Å². The van der Waals surface area contributed by atoms with Crippen molar-refractivity contribution >= 4 is 38.4 Å². The molecule has 1 N–H and O–H groups in total. The second-order valence-corrected chi connectivity index (χ2v) is 5.52. The monoisotopic (exact) mass is 302 g/mol. The SMILES string of the molecule is CNc1nc2cc(-c3ccccc3)sc2c2[n-]cnc12.[Na+]. The fraction of sp³-hybridized carbons (Fsp3) is 0.0667. The molecule has 98 valence electrons. The molecule has 0 saturated carbocycles. The molecule has 0 spiro atoms. The van der Waals surface area contributed by atoms with E-state index in [1.54, 1.807) is 17.7 Å². The zero-order valence-electron chi connectivity index (χ0n) is 11.8. The maximum Gasteiger partial charge on any atom is 1.00 e. The predicted molar refractivity (Wildman–Crippen MR) is 83.2 cm³/mol. The van der Waals surface area contributed by atoms with Gasteiger partial charge in [-0.05, 0) is 17.1 Å². The van der Waals surface area contributed by atoms with Gasteiger partial charge in [0.25, 0.3) is 0 Å². The molecule has 0 aliphatic heterocycles. The maximum absolute atomic E-state index is 4.64. The largest absolute Gasteiger partial charge is 1.00 e. The third kappa shape index (κ3) is 2.36. The van der Waals surface area contributed by atoms with E-state index >= 15 is 0 Å². The van der Waals surface area contributed by atoms with Gasteiger partial charge in [0.15, 0.2) is 0 Å². The fourth-order valence-corrected chi connectivity index (χ4v) is 3.43. The van der Waals surface area contributed by atoms with E-state index in [1.807, 2.05) is 25.2 Å². The van der Waals surface area contributed by atoms with Crippen molar-refractivity contribution in [1.29, 1.82) is 0 Å². The van der Waals surface area contributed by atoms with E-state index in [4.69, 9.17) is 0 Å². The Hall–Kier alpha value is -1.40. The van der Waals surface area contributed by atoms with Crippen molar-refractivity contribution in [2.24, 2.45) is 0 Å². The summed E-state index contributed by atoms with van der Waals surface area (Å²) < 4.78 is 1.09. The Balaban J connectivity index is 0.00000132. The number of benzene rings is 1. The Bertz CT molecular complexity index is 898. The summed E-state index contributed by atoms with van der Waals surface area (Å²) in [6.07, 6.45) is 1.59. The molecule has 1 aromatic carbocycles. The van der Waals surface area contributed by atoms with Gasteiger partial charge in [0, 0.05) is 17.4 Å². The minimum atomic E-state index is 0. The van der Waals surface area contributed by atoms with Gasteiger partial charge in [-0.2, -0.15) is 0 Å². The van der Waals surface area contributed by atoms with Crippen molar-refractivity contribution < 1.29 is 29.6 Å². The van der Waals surface area contributed by atoms with Crippen molar-refractivity contribution in [3.05, 3.63) is 42.7 Å². The Kier molecular flexibility index (Phi) is 3.99. The van der Waals surface area contributed by atoms with Crippen molar-refractivity contribution in [2.45, 2.75) is 0 Å². The summed E-state index contributed by atoms with van der Waals surface area (Å²) in [4.78, 5) is 14.5. The minimum Gasteiger partial charge on any atom is -0.442 e. The molecule has 3 aromatic heterocycles. The van der Waals surface area contributed by atoms with Gasteiger partial charge in [-0.3, -0.25) is 0 Å². The first-order valence-electron chi connectivity index (χ1n) is 6.31. The van der Waals surface area contributed by atoms with Gasteiger partial charge < -0.3 is 15.3 Å². The van der Waals surface area contributed by atoms with E-state index in [1.165, 1.54) is 10.4 Å². The maximum atomic E-state index is 4.64.